The standard InChI is InChI=1S/C17H23BrN4O2S2/c1-2-3-9-21(15-8-10-26(23,24)11-15)12-22-17(25)19-16(20-22)13-4-6-14(18)7-5-13/h4-7,15H,2-3,8-12H2,1H3,(H,19,20,25). The minimum Gasteiger partial charge on any atom is -0.280 e. The molecule has 26 heavy (non-hydrogen) atoms. The van der Waals surface area contributed by atoms with Crippen molar-refractivity contribution in [2.45, 2.75) is 38.9 Å². The first kappa shape index (κ1) is 19.7. The second-order valence-electron chi connectivity index (χ2n) is 6.65. The number of unbranched alkanes of at least 4 members (excludes halogenated alkanes) is 1. The maximum Gasteiger partial charge on any atom is 0.217 e. The minimum atomic E-state index is -2.92. The van der Waals surface area contributed by atoms with E-state index in [1.54, 1.807) is 0 Å². The van der Waals surface area contributed by atoms with E-state index in [1.165, 1.54) is 0 Å². The van der Waals surface area contributed by atoms with Crippen molar-refractivity contribution in [1.82, 2.24) is 19.7 Å². The molecule has 0 amide bonds. The molecule has 1 N–H and O–H groups in total. The van der Waals surface area contributed by atoms with Crippen molar-refractivity contribution in [3.8, 4) is 11.4 Å². The van der Waals surface area contributed by atoms with Crippen molar-refractivity contribution < 1.29 is 8.42 Å². The summed E-state index contributed by atoms with van der Waals surface area (Å²) in [6, 6.07) is 7.92. The Labute approximate surface area is 167 Å². The van der Waals surface area contributed by atoms with Crippen LogP contribution in [0.1, 0.15) is 26.2 Å². The van der Waals surface area contributed by atoms with Gasteiger partial charge >= 0.3 is 0 Å². The summed E-state index contributed by atoms with van der Waals surface area (Å²) in [5.74, 6) is 1.23. The van der Waals surface area contributed by atoms with E-state index in [0.29, 0.717) is 17.9 Å². The SMILES string of the molecule is CCCCN(Cn1[nH]c(-c2ccc(Br)cc2)nc1=S)C1CCS(=O)(=O)C1. The van der Waals surface area contributed by atoms with E-state index in [0.717, 1.165) is 35.2 Å². The molecule has 6 nitrogen and oxygen atoms in total. The maximum atomic E-state index is 11.9. The van der Waals surface area contributed by atoms with Crippen LogP contribution in [0.25, 0.3) is 11.4 Å². The van der Waals surface area contributed by atoms with Crippen molar-refractivity contribution in [3.05, 3.63) is 33.5 Å². The van der Waals surface area contributed by atoms with Gasteiger partial charge in [0.05, 0.1) is 18.2 Å². The highest BCUT2D eigenvalue weighted by Gasteiger charge is 2.32. The topological polar surface area (TPSA) is 71.0 Å². The number of aromatic amines is 1. The lowest BCUT2D eigenvalue weighted by atomic mass is 10.2. The first-order valence-electron chi connectivity index (χ1n) is 8.75. The zero-order valence-electron chi connectivity index (χ0n) is 14.7. The van der Waals surface area contributed by atoms with Gasteiger partial charge < -0.3 is 0 Å². The lowest BCUT2D eigenvalue weighted by Crippen LogP contribution is -2.38. The van der Waals surface area contributed by atoms with E-state index < -0.39 is 9.84 Å². The number of aromatic nitrogens is 3. The lowest BCUT2D eigenvalue weighted by molar-refractivity contribution is 0.153. The summed E-state index contributed by atoms with van der Waals surface area (Å²) >= 11 is 8.84. The average Bonchev–Trinajstić information content (AvgIpc) is 3.14. The Morgan fingerprint density at radius 1 is 1.38 bits per heavy atom. The Hall–Kier alpha value is -1.03. The molecule has 1 aliphatic heterocycles. The molecule has 9 heteroatoms. The summed E-state index contributed by atoms with van der Waals surface area (Å²) in [4.78, 5) is 6.68. The summed E-state index contributed by atoms with van der Waals surface area (Å²) in [5.41, 5.74) is 0.960. The summed E-state index contributed by atoms with van der Waals surface area (Å²) < 4.78 is 27.1. The highest BCUT2D eigenvalue weighted by molar-refractivity contribution is 9.10. The van der Waals surface area contributed by atoms with Gasteiger partial charge in [-0.05, 0) is 37.2 Å². The molecule has 1 atom stereocenters. The smallest absolute Gasteiger partial charge is 0.217 e. The molecule has 0 saturated carbocycles. The molecule has 0 radical (unpaired) electrons. The Morgan fingerprint density at radius 2 is 2.12 bits per heavy atom. The second kappa shape index (κ2) is 8.33. The van der Waals surface area contributed by atoms with Gasteiger partial charge in [-0.1, -0.05) is 41.4 Å². The van der Waals surface area contributed by atoms with Crippen LogP contribution >= 0.6 is 28.1 Å². The highest BCUT2D eigenvalue weighted by Crippen LogP contribution is 2.21. The highest BCUT2D eigenvalue weighted by atomic mass is 79.9. The van der Waals surface area contributed by atoms with Crippen LogP contribution < -0.4 is 0 Å². The van der Waals surface area contributed by atoms with E-state index in [2.05, 4.69) is 37.8 Å². The average molecular weight is 459 g/mol. The third kappa shape index (κ3) is 4.82. The molecule has 142 valence electrons. The monoisotopic (exact) mass is 458 g/mol. The van der Waals surface area contributed by atoms with Crippen molar-refractivity contribution in [3.63, 3.8) is 0 Å². The molecule has 0 bridgehead atoms. The van der Waals surface area contributed by atoms with E-state index in [1.807, 2.05) is 28.9 Å². The number of rotatable bonds is 7. The molecular weight excluding hydrogens is 436 g/mol. The number of nitrogens with zero attached hydrogens (tertiary/aromatic N) is 3. The van der Waals surface area contributed by atoms with Crippen LogP contribution in [0.5, 0.6) is 0 Å². The molecule has 1 fully saturated rings. The molecule has 1 saturated heterocycles. The van der Waals surface area contributed by atoms with E-state index in [4.69, 9.17) is 12.2 Å². The zero-order chi connectivity index (χ0) is 18.7. The normalized spacial score (nSPS) is 19.3. The first-order chi connectivity index (χ1) is 12.4. The predicted octanol–water partition coefficient (Wildman–Crippen LogP) is 3.62. The van der Waals surface area contributed by atoms with E-state index in [-0.39, 0.29) is 17.5 Å². The van der Waals surface area contributed by atoms with E-state index >= 15 is 0 Å². The molecule has 0 aliphatic carbocycles. The number of halogens is 1. The van der Waals surface area contributed by atoms with Gasteiger partial charge in [0.2, 0.25) is 4.77 Å². The zero-order valence-corrected chi connectivity index (χ0v) is 17.9. The summed E-state index contributed by atoms with van der Waals surface area (Å²) in [6.07, 6.45) is 2.78. The molecule has 2 aromatic rings. The van der Waals surface area contributed by atoms with Crippen LogP contribution in [0.3, 0.4) is 0 Å². The second-order valence-corrected chi connectivity index (χ2v) is 10.2. The van der Waals surface area contributed by atoms with Crippen LogP contribution in [0.15, 0.2) is 28.7 Å². The van der Waals surface area contributed by atoms with Gasteiger partial charge in [0.15, 0.2) is 15.7 Å². The van der Waals surface area contributed by atoms with Crippen molar-refractivity contribution in [2.24, 2.45) is 0 Å². The van der Waals surface area contributed by atoms with Crippen molar-refractivity contribution in [2.75, 3.05) is 18.1 Å². The predicted molar refractivity (Wildman–Crippen MR) is 109 cm³/mol. The van der Waals surface area contributed by atoms with Gasteiger partial charge in [-0.3, -0.25) is 10.00 Å². The summed E-state index contributed by atoms with van der Waals surface area (Å²) in [7, 11) is -2.92. The van der Waals surface area contributed by atoms with Crippen LogP contribution in [0, 0.1) is 4.77 Å². The number of H-pyrrole nitrogens is 1. The Morgan fingerprint density at radius 3 is 2.73 bits per heavy atom. The largest absolute Gasteiger partial charge is 0.280 e. The van der Waals surface area contributed by atoms with Gasteiger partial charge in [0, 0.05) is 22.6 Å². The van der Waals surface area contributed by atoms with Gasteiger partial charge in [-0.2, -0.15) is 4.98 Å². The number of benzene rings is 1. The first-order valence-corrected chi connectivity index (χ1v) is 11.8. The fourth-order valence-electron chi connectivity index (χ4n) is 3.16. The van der Waals surface area contributed by atoms with E-state index in [9.17, 15) is 8.42 Å². The number of nitrogens with one attached hydrogen (secondary N) is 1. The van der Waals surface area contributed by atoms with Crippen LogP contribution in [-0.4, -0.2) is 52.2 Å². The molecule has 1 aromatic carbocycles. The minimum absolute atomic E-state index is 0.0490. The molecule has 1 aromatic heterocycles. The molecule has 0 spiro atoms. The Bertz CT molecular complexity index is 906. The molecule has 2 heterocycles. The van der Waals surface area contributed by atoms with Crippen LogP contribution in [-0.2, 0) is 16.5 Å². The molecule has 3 rings (SSSR count). The van der Waals surface area contributed by atoms with Gasteiger partial charge in [-0.25, -0.2) is 13.1 Å². The molecular formula is C17H23BrN4O2S2. The number of hydrogen-bond donors (Lipinski definition) is 1. The lowest BCUT2D eigenvalue weighted by Gasteiger charge is -2.27. The number of hydrogen-bond acceptors (Lipinski definition) is 5. The third-order valence-corrected chi connectivity index (χ3v) is 7.23. The quantitative estimate of drug-likeness (QED) is 0.641. The molecule has 1 aliphatic rings. The van der Waals surface area contributed by atoms with Crippen molar-refractivity contribution in [1.29, 1.82) is 0 Å². The maximum absolute atomic E-state index is 11.9. The summed E-state index contributed by atoms with van der Waals surface area (Å²) in [6.45, 7) is 3.52. The van der Waals surface area contributed by atoms with Gasteiger partial charge in [0.1, 0.15) is 0 Å². The fourth-order valence-corrected chi connectivity index (χ4v) is 5.38. The fraction of sp³-hybridized carbons (Fsp3) is 0.529. The Kier molecular flexibility index (Phi) is 6.32. The van der Waals surface area contributed by atoms with Gasteiger partial charge in [-0.15, -0.1) is 0 Å². The number of sulfone groups is 1. The van der Waals surface area contributed by atoms with Crippen LogP contribution in [0.4, 0.5) is 0 Å². The third-order valence-electron chi connectivity index (χ3n) is 4.64. The van der Waals surface area contributed by atoms with Crippen LogP contribution in [0.2, 0.25) is 0 Å². The Balaban J connectivity index is 1.80. The molecule has 1 unspecified atom stereocenters. The summed E-state index contributed by atoms with van der Waals surface area (Å²) in [5, 5.41) is 3.26. The van der Waals surface area contributed by atoms with Crippen molar-refractivity contribution >= 4 is 38.0 Å². The van der Waals surface area contributed by atoms with Gasteiger partial charge in [0.25, 0.3) is 0 Å².